The number of nitrogens with zero attached hydrogens (tertiary/aromatic N) is 3. The highest BCUT2D eigenvalue weighted by Crippen LogP contribution is 2.41. The van der Waals surface area contributed by atoms with E-state index in [0.29, 0.717) is 22.9 Å². The van der Waals surface area contributed by atoms with Crippen LogP contribution in [0.25, 0.3) is 4.96 Å². The van der Waals surface area contributed by atoms with Crippen LogP contribution in [0.15, 0.2) is 29.8 Å². The quantitative estimate of drug-likeness (QED) is 0.581. The van der Waals surface area contributed by atoms with E-state index in [1.165, 1.54) is 21.9 Å². The second kappa shape index (κ2) is 7.90. The molecule has 8 nitrogen and oxygen atoms in total. The van der Waals surface area contributed by atoms with E-state index in [1.807, 2.05) is 4.40 Å². The molecular formula is C24H24N4O4S. The summed E-state index contributed by atoms with van der Waals surface area (Å²) in [6.07, 6.45) is 4.07. The summed E-state index contributed by atoms with van der Waals surface area (Å²) in [6.45, 7) is 3.21. The lowest BCUT2D eigenvalue weighted by atomic mass is 10.1. The second-order valence-corrected chi connectivity index (χ2v) is 9.78. The molecule has 2 amide bonds. The molecule has 1 atom stereocenters. The van der Waals surface area contributed by atoms with Gasteiger partial charge in [-0.05, 0) is 44.9 Å². The van der Waals surface area contributed by atoms with Gasteiger partial charge in [0.1, 0.15) is 29.7 Å². The molecule has 9 heteroatoms. The van der Waals surface area contributed by atoms with E-state index in [2.05, 4.69) is 27.5 Å². The van der Waals surface area contributed by atoms with Gasteiger partial charge in [-0.15, -0.1) is 11.3 Å². The fourth-order valence-electron chi connectivity index (χ4n) is 3.72. The van der Waals surface area contributed by atoms with Crippen molar-refractivity contribution < 1.29 is 19.4 Å². The van der Waals surface area contributed by atoms with Crippen molar-refractivity contribution >= 4 is 33.8 Å². The lowest BCUT2D eigenvalue weighted by Gasteiger charge is -2.20. The van der Waals surface area contributed by atoms with Crippen LogP contribution in [0.3, 0.4) is 0 Å². The van der Waals surface area contributed by atoms with Gasteiger partial charge < -0.3 is 20.1 Å². The van der Waals surface area contributed by atoms with E-state index in [9.17, 15) is 14.7 Å². The Morgan fingerprint density at radius 1 is 1.36 bits per heavy atom. The standard InChI is InChI=1S/C24H24N4O4S/c1-24(2,31)9-8-14-4-7-20-18(10-14)27(3)22(30)17(12-32-20)25-21(29)16-11-28-19(15-5-6-15)13-33-23(28)26-16/h4,7,10-11,13,15,17,31H,5-6,12H2,1-3H3,(H,25,29). The maximum Gasteiger partial charge on any atom is 0.272 e. The highest BCUT2D eigenvalue weighted by molar-refractivity contribution is 7.15. The third-order valence-corrected chi connectivity index (χ3v) is 6.50. The van der Waals surface area contributed by atoms with E-state index in [0.717, 1.165) is 17.8 Å². The monoisotopic (exact) mass is 464 g/mol. The number of anilines is 1. The number of amides is 2. The summed E-state index contributed by atoms with van der Waals surface area (Å²) in [5.74, 6) is 6.03. The number of imidazole rings is 1. The van der Waals surface area contributed by atoms with Gasteiger partial charge in [-0.1, -0.05) is 11.8 Å². The second-order valence-electron chi connectivity index (χ2n) is 8.94. The van der Waals surface area contributed by atoms with Gasteiger partial charge >= 0.3 is 0 Å². The Hall–Kier alpha value is -3.35. The first-order valence-corrected chi connectivity index (χ1v) is 11.6. The molecule has 0 bridgehead atoms. The van der Waals surface area contributed by atoms with Gasteiger partial charge in [0.15, 0.2) is 4.96 Å². The van der Waals surface area contributed by atoms with Gasteiger partial charge in [0, 0.05) is 35.8 Å². The number of hydrogen-bond acceptors (Lipinski definition) is 6. The van der Waals surface area contributed by atoms with Crippen LogP contribution in [0.4, 0.5) is 5.69 Å². The summed E-state index contributed by atoms with van der Waals surface area (Å²) in [7, 11) is 1.64. The number of fused-ring (bicyclic) bond motifs is 2. The Labute approximate surface area is 195 Å². The molecule has 1 unspecified atom stereocenters. The van der Waals surface area contributed by atoms with Crippen LogP contribution in [-0.4, -0.2) is 51.6 Å². The lowest BCUT2D eigenvalue weighted by Crippen LogP contribution is -2.49. The van der Waals surface area contributed by atoms with Crippen molar-refractivity contribution in [2.24, 2.45) is 0 Å². The topological polar surface area (TPSA) is 96.2 Å². The minimum atomic E-state index is -1.12. The number of nitrogens with one attached hydrogen (secondary N) is 1. The maximum atomic E-state index is 13.1. The summed E-state index contributed by atoms with van der Waals surface area (Å²) in [5, 5.41) is 14.7. The number of likely N-dealkylation sites (N-methyl/N-ethyl adjacent to an activating group) is 1. The minimum Gasteiger partial charge on any atom is -0.489 e. The van der Waals surface area contributed by atoms with Crippen LogP contribution in [0.5, 0.6) is 5.75 Å². The molecule has 1 aliphatic carbocycles. The molecule has 1 saturated carbocycles. The van der Waals surface area contributed by atoms with Crippen LogP contribution in [0, 0.1) is 11.8 Å². The molecule has 33 heavy (non-hydrogen) atoms. The van der Waals surface area contributed by atoms with Crippen molar-refractivity contribution in [2.75, 3.05) is 18.6 Å². The van der Waals surface area contributed by atoms with Crippen molar-refractivity contribution in [1.82, 2.24) is 14.7 Å². The maximum absolute atomic E-state index is 13.1. The van der Waals surface area contributed by atoms with Crippen molar-refractivity contribution in [1.29, 1.82) is 0 Å². The van der Waals surface area contributed by atoms with Crippen LogP contribution >= 0.6 is 11.3 Å². The molecule has 1 fully saturated rings. The van der Waals surface area contributed by atoms with E-state index in [4.69, 9.17) is 4.74 Å². The Balaban J connectivity index is 1.34. The Bertz CT molecular complexity index is 1320. The molecule has 5 rings (SSSR count). The molecule has 1 aromatic carbocycles. The molecule has 0 saturated heterocycles. The highest BCUT2D eigenvalue weighted by Gasteiger charge is 2.32. The Morgan fingerprint density at radius 3 is 2.88 bits per heavy atom. The Morgan fingerprint density at radius 2 is 2.15 bits per heavy atom. The lowest BCUT2D eigenvalue weighted by molar-refractivity contribution is -0.120. The van der Waals surface area contributed by atoms with E-state index >= 15 is 0 Å². The van der Waals surface area contributed by atoms with Crippen LogP contribution in [-0.2, 0) is 4.79 Å². The van der Waals surface area contributed by atoms with Crippen LogP contribution in [0.1, 0.15) is 54.4 Å². The van der Waals surface area contributed by atoms with Crippen molar-refractivity contribution in [2.45, 2.75) is 44.2 Å². The summed E-state index contributed by atoms with van der Waals surface area (Å²) >= 11 is 1.51. The van der Waals surface area contributed by atoms with Gasteiger partial charge in [0.05, 0.1) is 5.69 Å². The van der Waals surface area contributed by atoms with Gasteiger partial charge in [0.25, 0.3) is 11.8 Å². The molecule has 2 N–H and O–H groups in total. The van der Waals surface area contributed by atoms with Crippen LogP contribution in [0.2, 0.25) is 0 Å². The van der Waals surface area contributed by atoms with E-state index < -0.39 is 17.6 Å². The van der Waals surface area contributed by atoms with Crippen molar-refractivity contribution in [3.05, 3.63) is 46.7 Å². The molecule has 3 heterocycles. The third kappa shape index (κ3) is 4.32. The molecule has 2 aliphatic rings. The summed E-state index contributed by atoms with van der Waals surface area (Å²) in [4.78, 5) is 32.7. The number of aromatic nitrogens is 2. The number of hydrogen-bond donors (Lipinski definition) is 2. The fourth-order valence-corrected chi connectivity index (χ4v) is 4.67. The number of ether oxygens (including phenoxy) is 1. The molecule has 0 spiro atoms. The number of benzene rings is 1. The predicted octanol–water partition coefficient (Wildman–Crippen LogP) is 2.55. The fraction of sp³-hybridized carbons (Fsp3) is 0.375. The van der Waals surface area contributed by atoms with Crippen molar-refractivity contribution in [3.8, 4) is 17.6 Å². The van der Waals surface area contributed by atoms with E-state index in [1.54, 1.807) is 45.3 Å². The zero-order valence-electron chi connectivity index (χ0n) is 18.6. The zero-order chi connectivity index (χ0) is 23.3. The number of aliphatic hydroxyl groups is 1. The number of carbonyl (C=O) groups excluding carboxylic acids is 2. The van der Waals surface area contributed by atoms with Gasteiger partial charge in [-0.3, -0.25) is 14.0 Å². The summed E-state index contributed by atoms with van der Waals surface area (Å²) < 4.78 is 7.82. The number of rotatable bonds is 3. The molecule has 2 aromatic heterocycles. The zero-order valence-corrected chi connectivity index (χ0v) is 19.4. The molecule has 0 radical (unpaired) electrons. The molecular weight excluding hydrogens is 440 g/mol. The summed E-state index contributed by atoms with van der Waals surface area (Å²) in [6, 6.07) is 4.38. The predicted molar refractivity (Wildman–Crippen MR) is 125 cm³/mol. The molecule has 1 aliphatic heterocycles. The normalized spacial score (nSPS) is 18.2. The first-order valence-electron chi connectivity index (χ1n) is 10.8. The van der Waals surface area contributed by atoms with Crippen molar-refractivity contribution in [3.63, 3.8) is 0 Å². The minimum absolute atomic E-state index is 0.00610. The SMILES string of the molecule is CN1C(=O)C(NC(=O)c2cn3c(C4CC4)csc3n2)COc2ccc(C#CC(C)(C)O)cc21. The molecule has 170 valence electrons. The van der Waals surface area contributed by atoms with Gasteiger partial charge in [-0.2, -0.15) is 0 Å². The Kier molecular flexibility index (Phi) is 5.15. The first-order chi connectivity index (χ1) is 15.7. The smallest absolute Gasteiger partial charge is 0.272 e. The highest BCUT2D eigenvalue weighted by atomic mass is 32.1. The summed E-state index contributed by atoms with van der Waals surface area (Å²) in [5.41, 5.74) is 1.54. The van der Waals surface area contributed by atoms with Crippen LogP contribution < -0.4 is 15.0 Å². The third-order valence-electron chi connectivity index (χ3n) is 5.64. The van der Waals surface area contributed by atoms with E-state index in [-0.39, 0.29) is 18.2 Å². The average molecular weight is 465 g/mol. The number of thiazole rings is 1. The molecule has 3 aromatic rings. The number of carbonyl (C=O) groups is 2. The van der Waals surface area contributed by atoms with Gasteiger partial charge in [0.2, 0.25) is 0 Å². The largest absolute Gasteiger partial charge is 0.489 e. The average Bonchev–Trinajstić information content (AvgIpc) is 3.42. The van der Waals surface area contributed by atoms with Gasteiger partial charge in [-0.25, -0.2) is 4.98 Å². The first kappa shape index (κ1) is 21.5.